The quantitative estimate of drug-likeness (QED) is 0.834. The second-order valence-electron chi connectivity index (χ2n) is 5.44. The van der Waals surface area contributed by atoms with Gasteiger partial charge in [-0.15, -0.1) is 0 Å². The van der Waals surface area contributed by atoms with Crippen LogP contribution < -0.4 is 5.32 Å². The predicted octanol–water partition coefficient (Wildman–Crippen LogP) is 1.18. The first-order chi connectivity index (χ1) is 8.40. The highest BCUT2D eigenvalue weighted by Gasteiger charge is 2.42. The van der Waals surface area contributed by atoms with Gasteiger partial charge >= 0.3 is 0 Å². The minimum absolute atomic E-state index is 0.346. The third-order valence-electron chi connectivity index (χ3n) is 4.37. The number of aromatic nitrogens is 2. The highest BCUT2D eigenvalue weighted by atomic mass is 16.5. The molecule has 0 spiro atoms. The number of fused-ring (bicyclic) bond motifs is 2. The van der Waals surface area contributed by atoms with E-state index in [1.807, 2.05) is 0 Å². The van der Waals surface area contributed by atoms with Crippen LogP contribution in [-0.2, 0) is 4.74 Å². The van der Waals surface area contributed by atoms with Gasteiger partial charge in [-0.1, -0.05) is 5.16 Å². The zero-order valence-corrected chi connectivity index (χ0v) is 9.76. The molecular formula is C12H17N3O2. The number of rotatable bonds is 2. The summed E-state index contributed by atoms with van der Waals surface area (Å²) in [5.41, 5.74) is 0. The third-order valence-corrected chi connectivity index (χ3v) is 4.37. The van der Waals surface area contributed by atoms with Crippen LogP contribution in [0.5, 0.6) is 0 Å². The fourth-order valence-electron chi connectivity index (χ4n) is 3.40. The number of nitrogens with zero attached hydrogens (tertiary/aromatic N) is 2. The molecule has 0 saturated carbocycles. The van der Waals surface area contributed by atoms with Gasteiger partial charge in [0.2, 0.25) is 5.89 Å². The maximum atomic E-state index is 5.46. The number of hydrogen-bond acceptors (Lipinski definition) is 5. The van der Waals surface area contributed by atoms with Crippen LogP contribution in [0.4, 0.5) is 0 Å². The van der Waals surface area contributed by atoms with Crippen LogP contribution in [0.3, 0.4) is 0 Å². The second kappa shape index (κ2) is 3.78. The molecule has 4 atom stereocenters. The lowest BCUT2D eigenvalue weighted by molar-refractivity contribution is 0.192. The molecule has 4 unspecified atom stereocenters. The van der Waals surface area contributed by atoms with Gasteiger partial charge in [0, 0.05) is 24.6 Å². The molecule has 0 radical (unpaired) electrons. The molecule has 0 aromatic carbocycles. The molecular weight excluding hydrogens is 218 g/mol. The summed E-state index contributed by atoms with van der Waals surface area (Å²) in [6.07, 6.45) is 4.74. The fraction of sp³-hybridized carbons (Fsp3) is 0.833. The Hall–Kier alpha value is -0.940. The third kappa shape index (κ3) is 1.60. The summed E-state index contributed by atoms with van der Waals surface area (Å²) >= 11 is 0. The Kier molecular flexibility index (Phi) is 2.23. The van der Waals surface area contributed by atoms with Crippen molar-refractivity contribution < 1.29 is 9.26 Å². The van der Waals surface area contributed by atoms with Crippen molar-refractivity contribution in [2.24, 2.45) is 0 Å². The SMILES string of the molecule is C1CC(c2noc(C3CC4CCC3N4)n2)CO1. The van der Waals surface area contributed by atoms with Crippen molar-refractivity contribution in [3.8, 4) is 0 Å². The Morgan fingerprint density at radius 2 is 2.24 bits per heavy atom. The molecule has 17 heavy (non-hydrogen) atoms. The molecule has 5 nitrogen and oxygen atoms in total. The standard InChI is InChI=1S/C12H17N3O2/c1-2-10-9(5-8(1)13-10)12-14-11(15-17-12)7-3-4-16-6-7/h7-10,13H,1-6H2. The lowest BCUT2D eigenvalue weighted by Crippen LogP contribution is -2.21. The molecule has 3 saturated heterocycles. The van der Waals surface area contributed by atoms with Gasteiger partial charge in [0.15, 0.2) is 5.82 Å². The van der Waals surface area contributed by atoms with Crippen molar-refractivity contribution >= 4 is 0 Å². The van der Waals surface area contributed by atoms with Crippen LogP contribution in [0.1, 0.15) is 49.2 Å². The Balaban J connectivity index is 1.54. The molecule has 4 rings (SSSR count). The van der Waals surface area contributed by atoms with E-state index in [4.69, 9.17) is 9.26 Å². The van der Waals surface area contributed by atoms with Gasteiger partial charge < -0.3 is 14.6 Å². The average molecular weight is 235 g/mol. The monoisotopic (exact) mass is 235 g/mol. The molecule has 2 bridgehead atoms. The smallest absolute Gasteiger partial charge is 0.231 e. The van der Waals surface area contributed by atoms with E-state index in [1.54, 1.807) is 0 Å². The van der Waals surface area contributed by atoms with Crippen LogP contribution >= 0.6 is 0 Å². The van der Waals surface area contributed by atoms with Crippen LogP contribution in [0.25, 0.3) is 0 Å². The van der Waals surface area contributed by atoms with Crippen molar-refractivity contribution in [2.45, 2.75) is 49.6 Å². The molecule has 1 N–H and O–H groups in total. The Morgan fingerprint density at radius 3 is 2.94 bits per heavy atom. The summed E-state index contributed by atoms with van der Waals surface area (Å²) in [4.78, 5) is 4.60. The van der Waals surface area contributed by atoms with E-state index < -0.39 is 0 Å². The molecule has 5 heteroatoms. The topological polar surface area (TPSA) is 60.2 Å². The van der Waals surface area contributed by atoms with E-state index in [2.05, 4.69) is 15.5 Å². The van der Waals surface area contributed by atoms with E-state index in [0.29, 0.717) is 23.9 Å². The summed E-state index contributed by atoms with van der Waals surface area (Å²) < 4.78 is 10.8. The number of ether oxygens (including phenoxy) is 1. The van der Waals surface area contributed by atoms with E-state index in [0.717, 1.165) is 37.8 Å². The second-order valence-corrected chi connectivity index (χ2v) is 5.44. The van der Waals surface area contributed by atoms with E-state index in [1.165, 1.54) is 12.8 Å². The summed E-state index contributed by atoms with van der Waals surface area (Å²) in [5, 5.41) is 7.74. The average Bonchev–Trinajstić information content (AvgIpc) is 3.12. The highest BCUT2D eigenvalue weighted by molar-refractivity contribution is 5.11. The Bertz CT molecular complexity index is 414. The van der Waals surface area contributed by atoms with Crippen LogP contribution in [0.15, 0.2) is 4.52 Å². The van der Waals surface area contributed by atoms with Crippen LogP contribution in [0.2, 0.25) is 0 Å². The zero-order chi connectivity index (χ0) is 11.2. The first-order valence-corrected chi connectivity index (χ1v) is 6.57. The lowest BCUT2D eigenvalue weighted by Gasteiger charge is -2.15. The maximum absolute atomic E-state index is 5.46. The van der Waals surface area contributed by atoms with Crippen molar-refractivity contribution in [1.29, 1.82) is 0 Å². The van der Waals surface area contributed by atoms with Gasteiger partial charge in [-0.05, 0) is 25.7 Å². The summed E-state index contributed by atoms with van der Waals surface area (Å²) in [5.74, 6) is 2.48. The van der Waals surface area contributed by atoms with Crippen molar-refractivity contribution in [3.05, 3.63) is 11.7 Å². The largest absolute Gasteiger partial charge is 0.381 e. The van der Waals surface area contributed by atoms with Gasteiger partial charge in [-0.25, -0.2) is 0 Å². The zero-order valence-electron chi connectivity index (χ0n) is 9.76. The molecule has 92 valence electrons. The minimum atomic E-state index is 0.346. The van der Waals surface area contributed by atoms with Crippen molar-refractivity contribution in [1.82, 2.24) is 15.5 Å². The number of nitrogens with one attached hydrogen (secondary N) is 1. The molecule has 1 aromatic heterocycles. The van der Waals surface area contributed by atoms with Gasteiger partial charge in [0.1, 0.15) is 0 Å². The molecule has 0 amide bonds. The number of hydrogen-bond donors (Lipinski definition) is 1. The predicted molar refractivity (Wildman–Crippen MR) is 59.8 cm³/mol. The maximum Gasteiger partial charge on any atom is 0.231 e. The molecule has 1 aromatic rings. The van der Waals surface area contributed by atoms with E-state index in [-0.39, 0.29) is 0 Å². The summed E-state index contributed by atoms with van der Waals surface area (Å²) in [7, 11) is 0. The minimum Gasteiger partial charge on any atom is -0.381 e. The van der Waals surface area contributed by atoms with E-state index >= 15 is 0 Å². The molecule has 3 aliphatic heterocycles. The first kappa shape index (κ1) is 10.0. The Morgan fingerprint density at radius 1 is 1.24 bits per heavy atom. The van der Waals surface area contributed by atoms with Gasteiger partial charge in [0.25, 0.3) is 0 Å². The summed E-state index contributed by atoms with van der Waals surface area (Å²) in [6, 6.07) is 1.24. The van der Waals surface area contributed by atoms with Crippen molar-refractivity contribution in [3.63, 3.8) is 0 Å². The lowest BCUT2D eigenvalue weighted by atomic mass is 9.89. The highest BCUT2D eigenvalue weighted by Crippen LogP contribution is 2.39. The molecule has 0 aliphatic carbocycles. The molecule has 3 aliphatic rings. The van der Waals surface area contributed by atoms with Gasteiger partial charge in [0.05, 0.1) is 12.5 Å². The van der Waals surface area contributed by atoms with Crippen LogP contribution in [0, 0.1) is 0 Å². The molecule has 3 fully saturated rings. The first-order valence-electron chi connectivity index (χ1n) is 6.57. The van der Waals surface area contributed by atoms with E-state index in [9.17, 15) is 0 Å². The van der Waals surface area contributed by atoms with Crippen molar-refractivity contribution in [2.75, 3.05) is 13.2 Å². The Labute approximate surface area is 99.9 Å². The van der Waals surface area contributed by atoms with Gasteiger partial charge in [-0.2, -0.15) is 4.98 Å². The van der Waals surface area contributed by atoms with Crippen LogP contribution in [-0.4, -0.2) is 35.4 Å². The van der Waals surface area contributed by atoms with Gasteiger partial charge in [-0.3, -0.25) is 0 Å². The summed E-state index contributed by atoms with van der Waals surface area (Å²) in [6.45, 7) is 1.57. The molecule has 4 heterocycles. The fourth-order valence-corrected chi connectivity index (χ4v) is 3.40. The normalized spacial score (nSPS) is 40.2.